The van der Waals surface area contributed by atoms with Gasteiger partial charge in [-0.15, -0.1) is 11.3 Å². The van der Waals surface area contributed by atoms with Crippen molar-refractivity contribution in [2.75, 3.05) is 13.1 Å². The van der Waals surface area contributed by atoms with E-state index in [9.17, 15) is 0 Å². The van der Waals surface area contributed by atoms with Crippen molar-refractivity contribution >= 4 is 11.3 Å². The molecule has 5 heteroatoms. The van der Waals surface area contributed by atoms with Gasteiger partial charge in [0.05, 0.1) is 16.1 Å². The van der Waals surface area contributed by atoms with Crippen molar-refractivity contribution in [1.82, 2.24) is 19.9 Å². The molecule has 1 fully saturated rings. The largest absolute Gasteiger partial charge is 0.324 e. The summed E-state index contributed by atoms with van der Waals surface area (Å²) < 4.78 is 2.34. The molecule has 2 aromatic heterocycles. The van der Waals surface area contributed by atoms with Gasteiger partial charge in [-0.1, -0.05) is 0 Å². The lowest BCUT2D eigenvalue weighted by Gasteiger charge is -2.36. The molecule has 4 nitrogen and oxygen atoms in total. The molecule has 1 N–H and O–H groups in total. The molecule has 0 aliphatic carbocycles. The first-order valence-corrected chi connectivity index (χ1v) is 7.24. The summed E-state index contributed by atoms with van der Waals surface area (Å²) in [6.45, 7) is 6.54. The number of nitrogens with one attached hydrogen (secondary N) is 1. The van der Waals surface area contributed by atoms with Crippen molar-refractivity contribution < 1.29 is 0 Å². The van der Waals surface area contributed by atoms with Crippen LogP contribution in [0.25, 0.3) is 10.7 Å². The van der Waals surface area contributed by atoms with E-state index in [2.05, 4.69) is 39.9 Å². The van der Waals surface area contributed by atoms with E-state index in [0.29, 0.717) is 0 Å². The van der Waals surface area contributed by atoms with Crippen LogP contribution >= 0.6 is 11.3 Å². The first-order chi connectivity index (χ1) is 8.71. The highest BCUT2D eigenvalue weighted by molar-refractivity contribution is 7.13. The molecule has 0 bridgehead atoms. The smallest absolute Gasteiger partial charge is 0.152 e. The molecule has 0 atom stereocenters. The Morgan fingerprint density at radius 1 is 1.33 bits per heavy atom. The quantitative estimate of drug-likeness (QED) is 0.904. The van der Waals surface area contributed by atoms with E-state index in [1.807, 2.05) is 11.7 Å². The average molecular weight is 262 g/mol. The molecule has 0 aromatic carbocycles. The summed E-state index contributed by atoms with van der Waals surface area (Å²) in [6, 6.07) is 0. The first-order valence-electron chi connectivity index (χ1n) is 6.36. The van der Waals surface area contributed by atoms with Crippen LogP contribution in [0.4, 0.5) is 0 Å². The fraction of sp³-hybridized carbons (Fsp3) is 0.538. The normalized spacial score (nSPS) is 19.0. The predicted octanol–water partition coefficient (Wildman–Crippen LogP) is 2.41. The van der Waals surface area contributed by atoms with Gasteiger partial charge in [-0.05, 0) is 39.8 Å². The van der Waals surface area contributed by atoms with Crippen LogP contribution in [0.2, 0.25) is 0 Å². The maximum absolute atomic E-state index is 4.55. The summed E-state index contributed by atoms with van der Waals surface area (Å²) in [5, 5.41) is 3.42. The van der Waals surface area contributed by atoms with Crippen LogP contribution in [0.15, 0.2) is 17.9 Å². The number of hydrogen-bond acceptors (Lipinski definition) is 4. The maximum Gasteiger partial charge on any atom is 0.152 e. The molecule has 0 radical (unpaired) electrons. The Bertz CT molecular complexity index is 537. The standard InChI is InChI=1S/C13H18N4S/c1-10-11(18-9-16-10)12-15-7-8-17(12)13(2)3-5-14-6-4-13/h7-9,14H,3-6H2,1-2H3. The molecule has 0 spiro atoms. The van der Waals surface area contributed by atoms with Crippen LogP contribution in [0.3, 0.4) is 0 Å². The van der Waals surface area contributed by atoms with E-state index in [1.54, 1.807) is 11.3 Å². The second-order valence-electron chi connectivity index (χ2n) is 5.13. The first kappa shape index (κ1) is 11.9. The third-order valence-electron chi connectivity index (χ3n) is 3.85. The Morgan fingerprint density at radius 3 is 2.78 bits per heavy atom. The SMILES string of the molecule is Cc1ncsc1-c1nccn1C1(C)CCNCC1. The van der Waals surface area contributed by atoms with Crippen molar-refractivity contribution in [2.24, 2.45) is 0 Å². The Labute approximate surface area is 111 Å². The van der Waals surface area contributed by atoms with Crippen LogP contribution in [0.1, 0.15) is 25.5 Å². The molecule has 0 amide bonds. The minimum absolute atomic E-state index is 0.174. The van der Waals surface area contributed by atoms with E-state index >= 15 is 0 Å². The number of aromatic nitrogens is 3. The summed E-state index contributed by atoms with van der Waals surface area (Å²) in [5.41, 5.74) is 3.15. The molecule has 1 aliphatic rings. The third kappa shape index (κ3) is 1.87. The molecule has 1 saturated heterocycles. The van der Waals surface area contributed by atoms with E-state index in [1.165, 1.54) is 4.88 Å². The van der Waals surface area contributed by atoms with Gasteiger partial charge in [0.2, 0.25) is 0 Å². The number of piperidine rings is 1. The highest BCUT2D eigenvalue weighted by Gasteiger charge is 2.31. The topological polar surface area (TPSA) is 42.7 Å². The lowest BCUT2D eigenvalue weighted by atomic mass is 9.90. The minimum atomic E-state index is 0.174. The zero-order valence-corrected chi connectivity index (χ0v) is 11.6. The van der Waals surface area contributed by atoms with Crippen LogP contribution in [-0.2, 0) is 5.54 Å². The molecule has 0 unspecified atom stereocenters. The lowest BCUT2D eigenvalue weighted by Crippen LogP contribution is -2.41. The predicted molar refractivity (Wildman–Crippen MR) is 73.8 cm³/mol. The highest BCUT2D eigenvalue weighted by atomic mass is 32.1. The molecular weight excluding hydrogens is 244 g/mol. The molecule has 96 valence electrons. The summed E-state index contributed by atoms with van der Waals surface area (Å²) in [7, 11) is 0. The number of rotatable bonds is 2. The Kier molecular flexibility index (Phi) is 2.95. The fourth-order valence-corrected chi connectivity index (χ4v) is 3.43. The number of imidazole rings is 1. The average Bonchev–Trinajstić information content (AvgIpc) is 2.98. The summed E-state index contributed by atoms with van der Waals surface area (Å²) in [5.74, 6) is 1.07. The van der Waals surface area contributed by atoms with Gasteiger partial charge in [0.15, 0.2) is 5.82 Å². The molecule has 1 aliphatic heterocycles. The van der Waals surface area contributed by atoms with Gasteiger partial charge in [0, 0.05) is 17.9 Å². The van der Waals surface area contributed by atoms with Crippen molar-refractivity contribution in [3.05, 3.63) is 23.6 Å². The van der Waals surface area contributed by atoms with Gasteiger partial charge >= 0.3 is 0 Å². The van der Waals surface area contributed by atoms with Gasteiger partial charge in [0.1, 0.15) is 0 Å². The van der Waals surface area contributed by atoms with Crippen molar-refractivity contribution in [2.45, 2.75) is 32.2 Å². The number of nitrogens with zero attached hydrogens (tertiary/aromatic N) is 3. The van der Waals surface area contributed by atoms with Crippen LogP contribution < -0.4 is 5.32 Å². The third-order valence-corrected chi connectivity index (χ3v) is 4.78. The van der Waals surface area contributed by atoms with Crippen molar-refractivity contribution in [3.8, 4) is 10.7 Å². The van der Waals surface area contributed by atoms with Gasteiger partial charge in [-0.25, -0.2) is 9.97 Å². The number of hydrogen-bond donors (Lipinski definition) is 1. The molecular formula is C13H18N4S. The van der Waals surface area contributed by atoms with Crippen LogP contribution in [0, 0.1) is 6.92 Å². The van der Waals surface area contributed by atoms with Crippen LogP contribution in [-0.4, -0.2) is 27.6 Å². The molecule has 2 aromatic rings. The Balaban J connectivity index is 2.04. The van der Waals surface area contributed by atoms with E-state index < -0.39 is 0 Å². The molecule has 18 heavy (non-hydrogen) atoms. The fourth-order valence-electron chi connectivity index (χ4n) is 2.63. The molecule has 3 rings (SSSR count). The van der Waals surface area contributed by atoms with Gasteiger partial charge in [-0.3, -0.25) is 0 Å². The van der Waals surface area contributed by atoms with Gasteiger partial charge in [-0.2, -0.15) is 0 Å². The lowest BCUT2D eigenvalue weighted by molar-refractivity contribution is 0.234. The zero-order chi connectivity index (χ0) is 12.6. The van der Waals surface area contributed by atoms with E-state index in [-0.39, 0.29) is 5.54 Å². The van der Waals surface area contributed by atoms with Gasteiger partial charge < -0.3 is 9.88 Å². The van der Waals surface area contributed by atoms with Crippen molar-refractivity contribution in [1.29, 1.82) is 0 Å². The summed E-state index contributed by atoms with van der Waals surface area (Å²) >= 11 is 1.67. The Morgan fingerprint density at radius 2 is 2.11 bits per heavy atom. The van der Waals surface area contributed by atoms with Crippen molar-refractivity contribution in [3.63, 3.8) is 0 Å². The summed E-state index contributed by atoms with van der Waals surface area (Å²) in [6.07, 6.45) is 6.31. The van der Waals surface area contributed by atoms with Gasteiger partial charge in [0.25, 0.3) is 0 Å². The van der Waals surface area contributed by atoms with E-state index in [4.69, 9.17) is 0 Å². The summed E-state index contributed by atoms with van der Waals surface area (Å²) in [4.78, 5) is 10.1. The monoisotopic (exact) mass is 262 g/mol. The van der Waals surface area contributed by atoms with Crippen LogP contribution in [0.5, 0.6) is 0 Å². The van der Waals surface area contributed by atoms with E-state index in [0.717, 1.165) is 37.4 Å². The molecule has 3 heterocycles. The second-order valence-corrected chi connectivity index (χ2v) is 5.99. The number of aryl methyl sites for hydroxylation is 1. The zero-order valence-electron chi connectivity index (χ0n) is 10.8. The number of thiazole rings is 1. The maximum atomic E-state index is 4.55. The minimum Gasteiger partial charge on any atom is -0.324 e. The molecule has 0 saturated carbocycles. The highest BCUT2D eigenvalue weighted by Crippen LogP contribution is 2.34. The Hall–Kier alpha value is -1.20. The second kappa shape index (κ2) is 4.48.